The highest BCUT2D eigenvalue weighted by Gasteiger charge is 2.08. The molecule has 0 fully saturated rings. The van der Waals surface area contributed by atoms with Crippen LogP contribution in [0.1, 0.15) is 33.6 Å². The summed E-state index contributed by atoms with van der Waals surface area (Å²) in [5, 5.41) is 17.4. The third-order valence-electron chi connectivity index (χ3n) is 2.27. The van der Waals surface area contributed by atoms with Crippen LogP contribution >= 0.6 is 0 Å². The van der Waals surface area contributed by atoms with Crippen molar-refractivity contribution in [3.63, 3.8) is 0 Å². The molecule has 0 amide bonds. The number of hydrogen-bond donors (Lipinski definition) is 2. The Bertz CT molecular complexity index is 209. The lowest BCUT2D eigenvalue weighted by molar-refractivity contribution is -0.132. The van der Waals surface area contributed by atoms with Crippen molar-refractivity contribution >= 4 is 5.97 Å². The highest BCUT2D eigenvalue weighted by atomic mass is 16.4. The SMILES string of the molecule is CC(=CC(C)CC(C)CCO)C(=O)O. The third-order valence-corrected chi connectivity index (χ3v) is 2.27. The summed E-state index contributed by atoms with van der Waals surface area (Å²) in [7, 11) is 0. The summed E-state index contributed by atoms with van der Waals surface area (Å²) in [5.41, 5.74) is 0.397. The van der Waals surface area contributed by atoms with Crippen LogP contribution in [0.5, 0.6) is 0 Å². The van der Waals surface area contributed by atoms with Gasteiger partial charge in [0, 0.05) is 12.2 Å². The molecule has 2 unspecified atom stereocenters. The first kappa shape index (κ1) is 13.2. The van der Waals surface area contributed by atoms with Crippen LogP contribution in [0.15, 0.2) is 11.6 Å². The van der Waals surface area contributed by atoms with Crippen LogP contribution in [0, 0.1) is 11.8 Å². The molecule has 0 aromatic heterocycles. The van der Waals surface area contributed by atoms with Gasteiger partial charge in [0.15, 0.2) is 0 Å². The van der Waals surface area contributed by atoms with E-state index in [1.54, 1.807) is 13.0 Å². The monoisotopic (exact) mass is 200 g/mol. The van der Waals surface area contributed by atoms with Crippen molar-refractivity contribution in [1.29, 1.82) is 0 Å². The van der Waals surface area contributed by atoms with Gasteiger partial charge < -0.3 is 10.2 Å². The van der Waals surface area contributed by atoms with Crippen molar-refractivity contribution in [3.05, 3.63) is 11.6 Å². The van der Waals surface area contributed by atoms with Gasteiger partial charge in [-0.1, -0.05) is 19.9 Å². The Balaban J connectivity index is 4.02. The van der Waals surface area contributed by atoms with E-state index < -0.39 is 5.97 Å². The molecule has 0 rings (SSSR count). The van der Waals surface area contributed by atoms with Gasteiger partial charge >= 0.3 is 5.97 Å². The minimum atomic E-state index is -0.855. The lowest BCUT2D eigenvalue weighted by atomic mass is 9.93. The molecule has 0 aliphatic rings. The smallest absolute Gasteiger partial charge is 0.330 e. The molecular weight excluding hydrogens is 180 g/mol. The molecule has 0 aliphatic carbocycles. The van der Waals surface area contributed by atoms with Crippen molar-refractivity contribution in [2.45, 2.75) is 33.6 Å². The zero-order chi connectivity index (χ0) is 11.1. The topological polar surface area (TPSA) is 57.5 Å². The van der Waals surface area contributed by atoms with E-state index in [1.807, 2.05) is 6.92 Å². The fourth-order valence-electron chi connectivity index (χ4n) is 1.54. The first-order valence-corrected chi connectivity index (χ1v) is 5.00. The summed E-state index contributed by atoms with van der Waals surface area (Å²) in [6.45, 7) is 5.88. The van der Waals surface area contributed by atoms with Crippen molar-refractivity contribution in [1.82, 2.24) is 0 Å². The predicted octanol–water partition coefficient (Wildman–Crippen LogP) is 2.06. The van der Waals surface area contributed by atoms with Crippen LogP contribution < -0.4 is 0 Å². The van der Waals surface area contributed by atoms with E-state index >= 15 is 0 Å². The number of hydrogen-bond acceptors (Lipinski definition) is 2. The minimum absolute atomic E-state index is 0.204. The summed E-state index contributed by atoms with van der Waals surface area (Å²) in [6, 6.07) is 0. The highest BCUT2D eigenvalue weighted by molar-refractivity contribution is 5.85. The number of aliphatic hydroxyl groups excluding tert-OH is 1. The fraction of sp³-hybridized carbons (Fsp3) is 0.727. The van der Waals surface area contributed by atoms with E-state index in [4.69, 9.17) is 10.2 Å². The lowest BCUT2D eigenvalue weighted by Crippen LogP contribution is -2.05. The predicted molar refractivity (Wildman–Crippen MR) is 56.0 cm³/mol. The van der Waals surface area contributed by atoms with Crippen LogP contribution in [0.3, 0.4) is 0 Å². The first-order valence-electron chi connectivity index (χ1n) is 5.00. The lowest BCUT2D eigenvalue weighted by Gasteiger charge is -2.13. The second-order valence-corrected chi connectivity index (χ2v) is 3.99. The maximum Gasteiger partial charge on any atom is 0.330 e. The van der Waals surface area contributed by atoms with Gasteiger partial charge in [-0.15, -0.1) is 0 Å². The molecule has 3 heteroatoms. The number of aliphatic hydroxyl groups is 1. The molecule has 2 atom stereocenters. The van der Waals surface area contributed by atoms with Gasteiger partial charge in [-0.05, 0) is 31.6 Å². The second kappa shape index (κ2) is 6.60. The Morgan fingerprint density at radius 3 is 2.43 bits per heavy atom. The van der Waals surface area contributed by atoms with Gasteiger partial charge in [-0.2, -0.15) is 0 Å². The van der Waals surface area contributed by atoms with E-state index in [0.29, 0.717) is 11.5 Å². The van der Waals surface area contributed by atoms with E-state index in [2.05, 4.69) is 6.92 Å². The zero-order valence-corrected chi connectivity index (χ0v) is 9.16. The van der Waals surface area contributed by atoms with Gasteiger partial charge in [-0.3, -0.25) is 0 Å². The first-order chi connectivity index (χ1) is 6.47. The second-order valence-electron chi connectivity index (χ2n) is 3.99. The molecule has 0 aliphatic heterocycles. The number of carbonyl (C=O) groups is 1. The molecule has 0 radical (unpaired) electrons. The Kier molecular flexibility index (Phi) is 6.21. The summed E-state index contributed by atoms with van der Waals surface area (Å²) in [5.74, 6) is -0.160. The third kappa shape index (κ3) is 5.75. The van der Waals surface area contributed by atoms with E-state index in [0.717, 1.165) is 12.8 Å². The maximum atomic E-state index is 10.5. The Morgan fingerprint density at radius 1 is 1.43 bits per heavy atom. The Hall–Kier alpha value is -0.830. The number of rotatable bonds is 6. The molecule has 82 valence electrons. The summed E-state index contributed by atoms with van der Waals surface area (Å²) >= 11 is 0. The van der Waals surface area contributed by atoms with Gasteiger partial charge in [0.25, 0.3) is 0 Å². The minimum Gasteiger partial charge on any atom is -0.478 e. The van der Waals surface area contributed by atoms with Crippen molar-refractivity contribution in [2.75, 3.05) is 6.61 Å². The number of allylic oxidation sites excluding steroid dienone is 1. The van der Waals surface area contributed by atoms with Crippen LogP contribution in [0.4, 0.5) is 0 Å². The van der Waals surface area contributed by atoms with Gasteiger partial charge in [0.2, 0.25) is 0 Å². The molecule has 0 saturated carbocycles. The van der Waals surface area contributed by atoms with Crippen LogP contribution in [0.25, 0.3) is 0 Å². The molecular formula is C11H20O3. The quantitative estimate of drug-likeness (QED) is 0.645. The van der Waals surface area contributed by atoms with Crippen molar-refractivity contribution in [3.8, 4) is 0 Å². The van der Waals surface area contributed by atoms with E-state index in [1.165, 1.54) is 0 Å². The molecule has 0 bridgehead atoms. The summed E-state index contributed by atoms with van der Waals surface area (Å²) in [6.07, 6.45) is 3.48. The van der Waals surface area contributed by atoms with Gasteiger partial charge in [-0.25, -0.2) is 4.79 Å². The van der Waals surface area contributed by atoms with Crippen LogP contribution in [-0.4, -0.2) is 22.8 Å². The number of carboxylic acid groups (broad SMARTS) is 1. The van der Waals surface area contributed by atoms with E-state index in [9.17, 15) is 4.79 Å². The molecule has 0 aromatic rings. The molecule has 0 aromatic carbocycles. The number of carboxylic acids is 1. The normalized spacial score (nSPS) is 16.4. The highest BCUT2D eigenvalue weighted by Crippen LogP contribution is 2.17. The fourth-order valence-corrected chi connectivity index (χ4v) is 1.54. The van der Waals surface area contributed by atoms with Crippen molar-refractivity contribution in [2.24, 2.45) is 11.8 Å². The average Bonchev–Trinajstić information content (AvgIpc) is 2.03. The Labute approximate surface area is 85.4 Å². The van der Waals surface area contributed by atoms with Crippen LogP contribution in [0.2, 0.25) is 0 Å². The van der Waals surface area contributed by atoms with Crippen LogP contribution in [-0.2, 0) is 4.79 Å². The molecule has 14 heavy (non-hydrogen) atoms. The van der Waals surface area contributed by atoms with E-state index in [-0.39, 0.29) is 12.5 Å². The Morgan fingerprint density at radius 2 is 2.00 bits per heavy atom. The summed E-state index contributed by atoms with van der Waals surface area (Å²) in [4.78, 5) is 10.5. The standard InChI is InChI=1S/C11H20O3/c1-8(4-5-12)6-9(2)7-10(3)11(13)14/h7-9,12H,4-6H2,1-3H3,(H,13,14). The summed E-state index contributed by atoms with van der Waals surface area (Å²) < 4.78 is 0. The molecule has 0 spiro atoms. The molecule has 0 heterocycles. The van der Waals surface area contributed by atoms with Gasteiger partial charge in [0.05, 0.1) is 0 Å². The van der Waals surface area contributed by atoms with Gasteiger partial charge in [0.1, 0.15) is 0 Å². The molecule has 3 nitrogen and oxygen atoms in total. The number of aliphatic carboxylic acids is 1. The zero-order valence-electron chi connectivity index (χ0n) is 9.16. The molecule has 2 N–H and O–H groups in total. The average molecular weight is 200 g/mol. The van der Waals surface area contributed by atoms with Crippen molar-refractivity contribution < 1.29 is 15.0 Å². The largest absolute Gasteiger partial charge is 0.478 e. The molecule has 0 saturated heterocycles. The maximum absolute atomic E-state index is 10.5.